The lowest BCUT2D eigenvalue weighted by Gasteiger charge is -2.19. The van der Waals surface area contributed by atoms with Gasteiger partial charge in [0.15, 0.2) is 0 Å². The summed E-state index contributed by atoms with van der Waals surface area (Å²) >= 11 is 0. The summed E-state index contributed by atoms with van der Waals surface area (Å²) in [6.45, 7) is 8.69. The Hall–Kier alpha value is -1.40. The molecular weight excluding hydrogens is 314 g/mol. The molecule has 2 rings (SSSR count). The molecule has 0 N–H and O–H groups in total. The molecule has 1 aromatic carbocycles. The third kappa shape index (κ3) is 3.93. The van der Waals surface area contributed by atoms with E-state index in [9.17, 15) is 13.2 Å². The van der Waals surface area contributed by atoms with Crippen molar-refractivity contribution < 1.29 is 17.9 Å². The molecule has 1 aliphatic carbocycles. The molecule has 5 nitrogen and oxygen atoms in total. The first kappa shape index (κ1) is 17.9. The van der Waals surface area contributed by atoms with Crippen molar-refractivity contribution in [3.63, 3.8) is 0 Å². The number of ether oxygens (including phenoxy) is 1. The highest BCUT2D eigenvalue weighted by atomic mass is 32.2. The van der Waals surface area contributed by atoms with Crippen LogP contribution in [-0.2, 0) is 14.8 Å². The normalized spacial score (nSPS) is 20.6. The first-order chi connectivity index (χ1) is 10.8. The molecule has 1 aromatic rings. The number of esters is 1. The minimum atomic E-state index is -3.58. The van der Waals surface area contributed by atoms with Crippen molar-refractivity contribution in [2.45, 2.75) is 39.0 Å². The summed E-state index contributed by atoms with van der Waals surface area (Å²) in [6, 6.07) is 4.64. The topological polar surface area (TPSA) is 63.7 Å². The van der Waals surface area contributed by atoms with Crippen molar-refractivity contribution in [2.24, 2.45) is 11.8 Å². The van der Waals surface area contributed by atoms with Crippen molar-refractivity contribution in [3.8, 4) is 0 Å². The van der Waals surface area contributed by atoms with E-state index in [-0.39, 0.29) is 4.90 Å². The van der Waals surface area contributed by atoms with E-state index in [2.05, 4.69) is 6.92 Å². The maximum absolute atomic E-state index is 12.6. The molecule has 0 amide bonds. The van der Waals surface area contributed by atoms with E-state index >= 15 is 0 Å². The maximum atomic E-state index is 12.6. The van der Waals surface area contributed by atoms with Gasteiger partial charge in [0.1, 0.15) is 0 Å². The number of benzene rings is 1. The Bertz CT molecular complexity index is 680. The largest absolute Gasteiger partial charge is 0.462 e. The molecule has 0 spiro atoms. The Morgan fingerprint density at radius 3 is 2.43 bits per heavy atom. The van der Waals surface area contributed by atoms with Gasteiger partial charge in [0, 0.05) is 13.1 Å². The number of aryl methyl sites for hydroxylation is 1. The lowest BCUT2D eigenvalue weighted by atomic mass is 10.1. The highest BCUT2D eigenvalue weighted by Gasteiger charge is 2.34. The summed E-state index contributed by atoms with van der Waals surface area (Å²) in [5, 5.41) is 0. The number of sulfonamides is 1. The number of hydrogen-bond donors (Lipinski definition) is 0. The molecule has 2 atom stereocenters. The highest BCUT2D eigenvalue weighted by Crippen LogP contribution is 2.37. The Balaban J connectivity index is 2.22. The Morgan fingerprint density at radius 2 is 1.91 bits per heavy atom. The standard InChI is InChI=1S/C17H25NO4S/c1-5-18(6-2)23(20,21)15-8-7-12(3)16(10-15)17(19)22-11-14-9-13(14)4/h7-8,10,13-14H,5-6,9,11H2,1-4H3. The Morgan fingerprint density at radius 1 is 1.30 bits per heavy atom. The average Bonchev–Trinajstić information content (AvgIpc) is 3.21. The molecule has 0 bridgehead atoms. The molecule has 1 fully saturated rings. The molecule has 2 unspecified atom stereocenters. The van der Waals surface area contributed by atoms with E-state index in [0.29, 0.717) is 37.1 Å². The van der Waals surface area contributed by atoms with Gasteiger partial charge in [0.2, 0.25) is 10.0 Å². The van der Waals surface area contributed by atoms with Crippen LogP contribution in [-0.4, -0.2) is 38.4 Å². The van der Waals surface area contributed by atoms with Crippen LogP contribution in [0.1, 0.15) is 43.1 Å². The second-order valence-corrected chi connectivity index (χ2v) is 8.08. The number of hydrogen-bond acceptors (Lipinski definition) is 4. The predicted molar refractivity (Wildman–Crippen MR) is 88.8 cm³/mol. The Kier molecular flexibility index (Phi) is 5.47. The van der Waals surface area contributed by atoms with Gasteiger partial charge in [-0.05, 0) is 42.9 Å². The summed E-state index contributed by atoms with van der Waals surface area (Å²) in [4.78, 5) is 12.4. The molecule has 128 valence electrons. The van der Waals surface area contributed by atoms with Gasteiger partial charge in [0.25, 0.3) is 0 Å². The second kappa shape index (κ2) is 7.01. The van der Waals surface area contributed by atoms with Gasteiger partial charge in [-0.2, -0.15) is 4.31 Å². The van der Waals surface area contributed by atoms with Gasteiger partial charge in [0.05, 0.1) is 17.1 Å². The van der Waals surface area contributed by atoms with Gasteiger partial charge < -0.3 is 4.74 Å². The van der Waals surface area contributed by atoms with Crippen molar-refractivity contribution in [3.05, 3.63) is 29.3 Å². The fourth-order valence-electron chi connectivity index (χ4n) is 2.59. The highest BCUT2D eigenvalue weighted by molar-refractivity contribution is 7.89. The van der Waals surface area contributed by atoms with Gasteiger partial charge >= 0.3 is 5.97 Å². The Labute approximate surface area is 138 Å². The summed E-state index contributed by atoms with van der Waals surface area (Å²) < 4.78 is 31.9. The van der Waals surface area contributed by atoms with Crippen molar-refractivity contribution >= 4 is 16.0 Å². The maximum Gasteiger partial charge on any atom is 0.338 e. The average molecular weight is 339 g/mol. The molecule has 0 aliphatic heterocycles. The smallest absolute Gasteiger partial charge is 0.338 e. The predicted octanol–water partition coefficient (Wildman–Crippen LogP) is 2.84. The van der Waals surface area contributed by atoms with Crippen molar-refractivity contribution in [1.82, 2.24) is 4.31 Å². The van der Waals surface area contributed by atoms with Crippen LogP contribution in [0.15, 0.2) is 23.1 Å². The number of carbonyl (C=O) groups excluding carboxylic acids is 1. The number of rotatable bonds is 7. The van der Waals surface area contributed by atoms with E-state index in [1.807, 2.05) is 0 Å². The first-order valence-electron chi connectivity index (χ1n) is 8.09. The van der Waals surface area contributed by atoms with E-state index in [1.165, 1.54) is 10.4 Å². The van der Waals surface area contributed by atoms with Crippen LogP contribution in [0.2, 0.25) is 0 Å². The van der Waals surface area contributed by atoms with Crippen LogP contribution in [0.25, 0.3) is 0 Å². The molecular formula is C17H25NO4S. The number of nitrogens with zero attached hydrogens (tertiary/aromatic N) is 1. The zero-order chi connectivity index (χ0) is 17.2. The fourth-order valence-corrected chi connectivity index (χ4v) is 4.07. The lowest BCUT2D eigenvalue weighted by molar-refractivity contribution is 0.0480. The van der Waals surface area contributed by atoms with Crippen LogP contribution in [0.3, 0.4) is 0 Å². The van der Waals surface area contributed by atoms with Crippen LogP contribution >= 0.6 is 0 Å². The minimum absolute atomic E-state index is 0.138. The van der Waals surface area contributed by atoms with Crippen LogP contribution < -0.4 is 0 Å². The molecule has 6 heteroatoms. The van der Waals surface area contributed by atoms with Crippen LogP contribution in [0.5, 0.6) is 0 Å². The minimum Gasteiger partial charge on any atom is -0.462 e. The van der Waals surface area contributed by atoms with Gasteiger partial charge in [-0.15, -0.1) is 0 Å². The molecule has 0 aromatic heterocycles. The lowest BCUT2D eigenvalue weighted by Crippen LogP contribution is -2.30. The van der Waals surface area contributed by atoms with E-state index in [1.54, 1.807) is 32.9 Å². The van der Waals surface area contributed by atoms with E-state index in [4.69, 9.17) is 4.74 Å². The molecule has 0 heterocycles. The third-order valence-electron chi connectivity index (χ3n) is 4.48. The van der Waals surface area contributed by atoms with E-state index < -0.39 is 16.0 Å². The molecule has 0 radical (unpaired) electrons. The molecule has 23 heavy (non-hydrogen) atoms. The third-order valence-corrected chi connectivity index (χ3v) is 6.52. The fraction of sp³-hybridized carbons (Fsp3) is 0.588. The number of carbonyl (C=O) groups is 1. The summed E-state index contributed by atoms with van der Waals surface area (Å²) in [5.74, 6) is 0.610. The van der Waals surface area contributed by atoms with Crippen molar-refractivity contribution in [2.75, 3.05) is 19.7 Å². The quantitative estimate of drug-likeness (QED) is 0.717. The SMILES string of the molecule is CCN(CC)S(=O)(=O)c1ccc(C)c(C(=O)OCC2CC2C)c1. The summed E-state index contributed by atoms with van der Waals surface area (Å²) in [6.07, 6.45) is 1.09. The monoisotopic (exact) mass is 339 g/mol. The molecule has 1 aliphatic rings. The zero-order valence-electron chi connectivity index (χ0n) is 14.2. The van der Waals surface area contributed by atoms with Crippen LogP contribution in [0, 0.1) is 18.8 Å². The first-order valence-corrected chi connectivity index (χ1v) is 9.53. The van der Waals surface area contributed by atoms with E-state index in [0.717, 1.165) is 12.0 Å². The van der Waals surface area contributed by atoms with Gasteiger partial charge in [-0.3, -0.25) is 0 Å². The van der Waals surface area contributed by atoms with Gasteiger partial charge in [-0.25, -0.2) is 13.2 Å². The van der Waals surface area contributed by atoms with Gasteiger partial charge in [-0.1, -0.05) is 26.8 Å². The van der Waals surface area contributed by atoms with Crippen molar-refractivity contribution in [1.29, 1.82) is 0 Å². The second-order valence-electron chi connectivity index (χ2n) is 6.14. The molecule has 1 saturated carbocycles. The van der Waals surface area contributed by atoms with Crippen LogP contribution in [0.4, 0.5) is 0 Å². The molecule has 0 saturated heterocycles. The summed E-state index contributed by atoms with van der Waals surface area (Å²) in [7, 11) is -3.58. The zero-order valence-corrected chi connectivity index (χ0v) is 15.0. The summed E-state index contributed by atoms with van der Waals surface area (Å²) in [5.41, 5.74) is 1.05.